The molecule has 0 atom stereocenters. The first kappa shape index (κ1) is 14.5. The summed E-state index contributed by atoms with van der Waals surface area (Å²) < 4.78 is 0.918. The second-order valence-electron chi connectivity index (χ2n) is 5.36. The van der Waals surface area contributed by atoms with Crippen molar-refractivity contribution >= 4 is 44.1 Å². The molecule has 0 radical (unpaired) electrons. The summed E-state index contributed by atoms with van der Waals surface area (Å²) in [6.45, 7) is 1.94. The van der Waals surface area contributed by atoms with Crippen molar-refractivity contribution in [2.75, 3.05) is 0 Å². The maximum atomic E-state index is 12.2. The quantitative estimate of drug-likeness (QED) is 0.519. The van der Waals surface area contributed by atoms with Crippen molar-refractivity contribution in [2.24, 2.45) is 10.2 Å². The number of benzene rings is 2. The number of rotatable bonds is 2. The van der Waals surface area contributed by atoms with Gasteiger partial charge in [-0.2, -0.15) is 0 Å². The number of aryl methyl sites for hydroxylation is 1. The average Bonchev–Trinajstić information content (AvgIpc) is 3.13. The molecule has 0 aliphatic carbocycles. The van der Waals surface area contributed by atoms with Crippen LogP contribution in [0.15, 0.2) is 52.7 Å². The van der Waals surface area contributed by atoms with Crippen LogP contribution < -0.4 is 0 Å². The SMILES string of the molecule is Cc1ccc2[nH]c(O)c(N=NC(=O)c3nc4ccccc4s3)c2c1. The number of aromatic nitrogens is 2. The van der Waals surface area contributed by atoms with Crippen molar-refractivity contribution < 1.29 is 9.90 Å². The van der Waals surface area contributed by atoms with Gasteiger partial charge in [-0.3, -0.25) is 4.79 Å². The lowest BCUT2D eigenvalue weighted by molar-refractivity contribution is 0.0995. The monoisotopic (exact) mass is 336 g/mol. The summed E-state index contributed by atoms with van der Waals surface area (Å²) >= 11 is 1.27. The summed E-state index contributed by atoms with van der Waals surface area (Å²) in [7, 11) is 0. The Morgan fingerprint density at radius 3 is 2.92 bits per heavy atom. The van der Waals surface area contributed by atoms with E-state index in [1.54, 1.807) is 0 Å². The Morgan fingerprint density at radius 1 is 1.25 bits per heavy atom. The van der Waals surface area contributed by atoms with E-state index in [4.69, 9.17) is 0 Å². The lowest BCUT2D eigenvalue weighted by Crippen LogP contribution is -1.91. The molecule has 24 heavy (non-hydrogen) atoms. The second kappa shape index (κ2) is 5.54. The summed E-state index contributed by atoms with van der Waals surface area (Å²) in [5.74, 6) is -0.644. The molecule has 4 aromatic rings. The number of hydrogen-bond donors (Lipinski definition) is 2. The Kier molecular flexibility index (Phi) is 3.35. The van der Waals surface area contributed by atoms with E-state index in [1.807, 2.05) is 49.4 Å². The van der Waals surface area contributed by atoms with Gasteiger partial charge in [0.1, 0.15) is 0 Å². The molecule has 0 aliphatic heterocycles. The van der Waals surface area contributed by atoms with E-state index in [0.717, 1.165) is 21.3 Å². The van der Waals surface area contributed by atoms with Crippen LogP contribution in [0.3, 0.4) is 0 Å². The maximum Gasteiger partial charge on any atom is 0.324 e. The van der Waals surface area contributed by atoms with Gasteiger partial charge in [-0.1, -0.05) is 23.8 Å². The van der Waals surface area contributed by atoms with E-state index in [0.29, 0.717) is 5.39 Å². The fraction of sp³-hybridized carbons (Fsp3) is 0.0588. The zero-order valence-electron chi connectivity index (χ0n) is 12.6. The first-order valence-corrected chi connectivity index (χ1v) is 8.06. The number of thiazole rings is 1. The number of azo groups is 1. The minimum absolute atomic E-state index is 0.114. The fourth-order valence-corrected chi connectivity index (χ4v) is 3.33. The molecule has 0 saturated heterocycles. The summed E-state index contributed by atoms with van der Waals surface area (Å²) in [6, 6.07) is 13.1. The number of aromatic hydroxyl groups is 1. The molecule has 2 aromatic heterocycles. The van der Waals surface area contributed by atoms with Crippen LogP contribution in [-0.4, -0.2) is 21.0 Å². The van der Waals surface area contributed by atoms with Gasteiger partial charge >= 0.3 is 5.91 Å². The van der Waals surface area contributed by atoms with Crippen LogP contribution in [0.2, 0.25) is 0 Å². The molecule has 0 bridgehead atoms. The first-order valence-electron chi connectivity index (χ1n) is 7.25. The highest BCUT2D eigenvalue weighted by atomic mass is 32.1. The summed E-state index contributed by atoms with van der Waals surface area (Å²) in [5, 5.41) is 18.6. The second-order valence-corrected chi connectivity index (χ2v) is 6.39. The molecule has 0 unspecified atom stereocenters. The largest absolute Gasteiger partial charge is 0.493 e. The molecule has 4 rings (SSSR count). The van der Waals surface area contributed by atoms with Crippen molar-refractivity contribution in [1.82, 2.24) is 9.97 Å². The van der Waals surface area contributed by atoms with Gasteiger partial charge in [-0.05, 0) is 31.2 Å². The fourth-order valence-electron chi connectivity index (χ4n) is 2.48. The zero-order chi connectivity index (χ0) is 16.7. The number of nitrogens with one attached hydrogen (secondary N) is 1. The number of carbonyl (C=O) groups is 1. The normalized spacial score (nSPS) is 11.7. The van der Waals surface area contributed by atoms with E-state index in [1.165, 1.54) is 11.3 Å². The molecule has 7 heteroatoms. The standard InChI is InChI=1S/C17H12N4O2S/c1-9-6-7-11-10(8-9)14(15(22)18-11)20-21-16(23)17-19-12-4-2-3-5-13(12)24-17/h2-8,18,22H,1H3. The molecule has 118 valence electrons. The topological polar surface area (TPSA) is 90.7 Å². The average molecular weight is 336 g/mol. The van der Waals surface area contributed by atoms with E-state index >= 15 is 0 Å². The van der Waals surface area contributed by atoms with Crippen LogP contribution in [-0.2, 0) is 0 Å². The minimum Gasteiger partial charge on any atom is -0.493 e. The highest BCUT2D eigenvalue weighted by Gasteiger charge is 2.14. The van der Waals surface area contributed by atoms with E-state index < -0.39 is 5.91 Å². The number of amides is 1. The van der Waals surface area contributed by atoms with Gasteiger partial charge in [-0.25, -0.2) is 4.98 Å². The van der Waals surface area contributed by atoms with Gasteiger partial charge in [0.2, 0.25) is 5.88 Å². The van der Waals surface area contributed by atoms with Crippen molar-refractivity contribution in [3.8, 4) is 5.88 Å². The van der Waals surface area contributed by atoms with Crippen molar-refractivity contribution in [1.29, 1.82) is 0 Å². The number of fused-ring (bicyclic) bond motifs is 2. The van der Waals surface area contributed by atoms with E-state index in [9.17, 15) is 9.90 Å². The minimum atomic E-state index is -0.530. The number of para-hydroxylation sites is 1. The third-order valence-electron chi connectivity index (χ3n) is 3.63. The van der Waals surface area contributed by atoms with Crippen LogP contribution >= 0.6 is 11.3 Å². The van der Waals surface area contributed by atoms with Gasteiger partial charge < -0.3 is 10.1 Å². The lowest BCUT2D eigenvalue weighted by atomic mass is 10.2. The van der Waals surface area contributed by atoms with Gasteiger partial charge in [0, 0.05) is 5.39 Å². The van der Waals surface area contributed by atoms with Crippen LogP contribution in [0.25, 0.3) is 21.1 Å². The summed E-state index contributed by atoms with van der Waals surface area (Å²) in [4.78, 5) is 19.3. The number of aromatic amines is 1. The number of nitrogens with zero attached hydrogens (tertiary/aromatic N) is 3. The molecule has 2 aromatic carbocycles. The molecule has 0 spiro atoms. The molecule has 0 fully saturated rings. The molecular weight excluding hydrogens is 324 g/mol. The number of H-pyrrole nitrogens is 1. The summed E-state index contributed by atoms with van der Waals surface area (Å²) in [6.07, 6.45) is 0. The smallest absolute Gasteiger partial charge is 0.324 e. The predicted molar refractivity (Wildman–Crippen MR) is 93.2 cm³/mol. The predicted octanol–water partition coefficient (Wildman–Crippen LogP) is 4.72. The van der Waals surface area contributed by atoms with E-state index in [2.05, 4.69) is 20.2 Å². The number of carbonyl (C=O) groups excluding carboxylic acids is 1. The third-order valence-corrected chi connectivity index (χ3v) is 4.65. The molecule has 6 nitrogen and oxygen atoms in total. The molecular formula is C17H12N4O2S. The van der Waals surface area contributed by atoms with Gasteiger partial charge in [-0.15, -0.1) is 21.6 Å². The molecule has 2 N–H and O–H groups in total. The third kappa shape index (κ3) is 2.44. The molecule has 0 saturated carbocycles. The maximum absolute atomic E-state index is 12.2. The molecule has 0 aliphatic rings. The van der Waals surface area contributed by atoms with Crippen LogP contribution in [0.4, 0.5) is 5.69 Å². The Morgan fingerprint density at radius 2 is 2.08 bits per heavy atom. The number of hydrogen-bond acceptors (Lipinski definition) is 5. The zero-order valence-corrected chi connectivity index (χ0v) is 13.5. The van der Waals surface area contributed by atoms with Gasteiger partial charge in [0.25, 0.3) is 0 Å². The summed E-state index contributed by atoms with van der Waals surface area (Å²) in [5.41, 5.74) is 2.77. The van der Waals surface area contributed by atoms with Crippen molar-refractivity contribution in [2.45, 2.75) is 6.92 Å². The highest BCUT2D eigenvalue weighted by molar-refractivity contribution is 7.20. The van der Waals surface area contributed by atoms with Gasteiger partial charge in [0.05, 0.1) is 15.7 Å². The molecule has 1 amide bonds. The Labute approximate surface area is 140 Å². The Hall–Kier alpha value is -3.06. The van der Waals surface area contributed by atoms with Gasteiger partial charge in [0.15, 0.2) is 10.7 Å². The van der Waals surface area contributed by atoms with Crippen LogP contribution in [0.1, 0.15) is 15.4 Å². The lowest BCUT2D eigenvalue weighted by Gasteiger charge is -1.93. The van der Waals surface area contributed by atoms with E-state index in [-0.39, 0.29) is 16.6 Å². The highest BCUT2D eigenvalue weighted by Crippen LogP contribution is 2.36. The molecule has 2 heterocycles. The van der Waals surface area contributed by atoms with Crippen molar-refractivity contribution in [3.63, 3.8) is 0 Å². The first-order chi connectivity index (χ1) is 11.6. The van der Waals surface area contributed by atoms with Crippen LogP contribution in [0.5, 0.6) is 5.88 Å². The Bertz CT molecular complexity index is 1080. The Balaban J connectivity index is 1.70. The van der Waals surface area contributed by atoms with Crippen molar-refractivity contribution in [3.05, 3.63) is 53.0 Å². The van der Waals surface area contributed by atoms with Crippen LogP contribution in [0, 0.1) is 6.92 Å².